The van der Waals surface area contributed by atoms with Crippen molar-refractivity contribution in [3.63, 3.8) is 0 Å². The van der Waals surface area contributed by atoms with E-state index in [0.717, 1.165) is 28.4 Å². The minimum absolute atomic E-state index is 0.526. The zero-order valence-corrected chi connectivity index (χ0v) is 28.8. The third kappa shape index (κ3) is 3.72. The Kier molecular flexibility index (Phi) is 5.73. The van der Waals surface area contributed by atoms with Crippen LogP contribution in [0.15, 0.2) is 192 Å². The standard InChI is InChI=1S/C51H31NO/c1-2-14-32(15-3-1)52(33-26-28-39-37-18-5-4-16-35(37)36-17-6-7-19-38(36)44(39)30-33)34-27-29-41-40-20-8-11-23-45(40)51(47(41)31-34)46-24-12-9-21-42(46)50-49(51)43-22-10-13-25-48(43)53-50/h1-31H. The van der Waals surface area contributed by atoms with Crippen molar-refractivity contribution in [1.82, 2.24) is 0 Å². The van der Waals surface area contributed by atoms with Gasteiger partial charge in [0.1, 0.15) is 11.3 Å². The van der Waals surface area contributed by atoms with E-state index < -0.39 is 5.41 Å². The first-order chi connectivity index (χ1) is 26.3. The van der Waals surface area contributed by atoms with Gasteiger partial charge in [0, 0.05) is 33.6 Å². The number of hydrogen-bond acceptors (Lipinski definition) is 2. The molecule has 0 amide bonds. The quantitative estimate of drug-likeness (QED) is 0.174. The summed E-state index contributed by atoms with van der Waals surface area (Å²) in [4.78, 5) is 2.43. The molecule has 0 radical (unpaired) electrons. The van der Waals surface area contributed by atoms with Gasteiger partial charge in [-0.05, 0) is 103 Å². The Morgan fingerprint density at radius 2 is 0.849 bits per heavy atom. The zero-order chi connectivity index (χ0) is 34.7. The summed E-state index contributed by atoms with van der Waals surface area (Å²) in [6.07, 6.45) is 0. The number of nitrogens with zero attached hydrogens (tertiary/aromatic N) is 1. The van der Waals surface area contributed by atoms with Crippen LogP contribution in [0.5, 0.6) is 0 Å². The number of anilines is 3. The van der Waals surface area contributed by atoms with Crippen molar-refractivity contribution in [1.29, 1.82) is 0 Å². The van der Waals surface area contributed by atoms with Crippen molar-refractivity contribution >= 4 is 60.3 Å². The molecule has 246 valence electrons. The number of para-hydroxylation sites is 2. The van der Waals surface area contributed by atoms with Gasteiger partial charge in [-0.1, -0.05) is 146 Å². The van der Waals surface area contributed by atoms with Crippen LogP contribution in [0.25, 0.3) is 65.7 Å². The van der Waals surface area contributed by atoms with Crippen LogP contribution in [-0.2, 0) is 5.41 Å². The molecule has 1 aromatic heterocycles. The predicted molar refractivity (Wildman–Crippen MR) is 220 cm³/mol. The van der Waals surface area contributed by atoms with E-state index in [0.29, 0.717) is 0 Å². The van der Waals surface area contributed by atoms with Crippen LogP contribution in [0.1, 0.15) is 22.3 Å². The van der Waals surface area contributed by atoms with Gasteiger partial charge in [-0.3, -0.25) is 0 Å². The van der Waals surface area contributed by atoms with E-state index in [4.69, 9.17) is 4.42 Å². The predicted octanol–water partition coefficient (Wildman–Crippen LogP) is 13.7. The van der Waals surface area contributed by atoms with Crippen LogP contribution < -0.4 is 4.90 Å². The van der Waals surface area contributed by atoms with Gasteiger partial charge < -0.3 is 9.32 Å². The average Bonchev–Trinajstić information content (AvgIpc) is 3.85. The van der Waals surface area contributed by atoms with E-state index in [2.05, 4.69) is 193 Å². The molecule has 1 atom stereocenters. The van der Waals surface area contributed by atoms with Crippen molar-refractivity contribution < 1.29 is 4.42 Å². The van der Waals surface area contributed by atoms with Gasteiger partial charge in [-0.15, -0.1) is 0 Å². The SMILES string of the molecule is c1ccc(N(c2ccc3c(c2)C2(c4ccccc4-3)c3ccccc3-c3oc4ccccc4c32)c2ccc3c4ccccc4c4ccccc4c3c2)cc1. The summed E-state index contributed by atoms with van der Waals surface area (Å²) in [6.45, 7) is 0. The van der Waals surface area contributed by atoms with Crippen LogP contribution in [0, 0.1) is 0 Å². The molecular weight excluding hydrogens is 643 g/mol. The lowest BCUT2D eigenvalue weighted by Gasteiger charge is -2.32. The summed E-state index contributed by atoms with van der Waals surface area (Å²) in [5.74, 6) is 0.975. The molecule has 0 aliphatic heterocycles. The summed E-state index contributed by atoms with van der Waals surface area (Å²) < 4.78 is 6.77. The average molecular weight is 674 g/mol. The van der Waals surface area contributed by atoms with Crippen LogP contribution >= 0.6 is 0 Å². The van der Waals surface area contributed by atoms with E-state index in [9.17, 15) is 0 Å². The molecule has 0 saturated carbocycles. The summed E-state index contributed by atoms with van der Waals surface area (Å²) in [7, 11) is 0. The lowest BCUT2D eigenvalue weighted by Crippen LogP contribution is -2.26. The molecule has 2 heteroatoms. The van der Waals surface area contributed by atoms with Gasteiger partial charge in [0.05, 0.1) is 5.41 Å². The molecule has 1 unspecified atom stereocenters. The second-order valence-electron chi connectivity index (χ2n) is 14.4. The number of furan rings is 1. The highest BCUT2D eigenvalue weighted by Gasteiger charge is 2.54. The molecule has 2 aliphatic rings. The summed E-state index contributed by atoms with van der Waals surface area (Å²) >= 11 is 0. The van der Waals surface area contributed by atoms with Gasteiger partial charge in [-0.25, -0.2) is 0 Å². The number of rotatable bonds is 3. The molecule has 0 N–H and O–H groups in total. The summed E-state index contributed by atoms with van der Waals surface area (Å²) in [6, 6.07) is 68.9. The molecule has 1 heterocycles. The monoisotopic (exact) mass is 673 g/mol. The van der Waals surface area contributed by atoms with Gasteiger partial charge >= 0.3 is 0 Å². The first kappa shape index (κ1) is 28.8. The molecular formula is C51H31NO. The molecule has 9 aromatic carbocycles. The largest absolute Gasteiger partial charge is 0.456 e. The molecule has 2 aliphatic carbocycles. The maximum absolute atomic E-state index is 6.77. The Bertz CT molecular complexity index is 3100. The third-order valence-corrected chi connectivity index (χ3v) is 11.8. The highest BCUT2D eigenvalue weighted by Crippen LogP contribution is 2.65. The maximum atomic E-state index is 6.77. The smallest absolute Gasteiger partial charge is 0.140 e. The van der Waals surface area contributed by atoms with Crippen molar-refractivity contribution in [2.45, 2.75) is 5.41 Å². The molecule has 53 heavy (non-hydrogen) atoms. The molecule has 2 nitrogen and oxygen atoms in total. The lowest BCUT2D eigenvalue weighted by molar-refractivity contribution is 0.628. The Morgan fingerprint density at radius 3 is 1.58 bits per heavy atom. The second kappa shape index (κ2) is 10.6. The van der Waals surface area contributed by atoms with E-state index in [-0.39, 0.29) is 0 Å². The Hall–Kier alpha value is -6.90. The third-order valence-electron chi connectivity index (χ3n) is 11.8. The second-order valence-corrected chi connectivity index (χ2v) is 14.4. The van der Waals surface area contributed by atoms with Crippen molar-refractivity contribution in [2.75, 3.05) is 4.90 Å². The molecule has 0 saturated heterocycles. The molecule has 1 spiro atoms. The van der Waals surface area contributed by atoms with Crippen molar-refractivity contribution in [3.05, 3.63) is 210 Å². The maximum Gasteiger partial charge on any atom is 0.140 e. The van der Waals surface area contributed by atoms with Gasteiger partial charge in [0.15, 0.2) is 0 Å². The Morgan fingerprint density at radius 1 is 0.340 bits per heavy atom. The zero-order valence-electron chi connectivity index (χ0n) is 28.8. The van der Waals surface area contributed by atoms with Gasteiger partial charge in [0.2, 0.25) is 0 Å². The van der Waals surface area contributed by atoms with Gasteiger partial charge in [0.25, 0.3) is 0 Å². The minimum Gasteiger partial charge on any atom is -0.456 e. The minimum atomic E-state index is -0.526. The fourth-order valence-corrected chi connectivity index (χ4v) is 9.78. The Labute approximate surface area is 306 Å². The molecule has 0 fully saturated rings. The van der Waals surface area contributed by atoms with Crippen LogP contribution in [0.4, 0.5) is 17.1 Å². The first-order valence-corrected chi connectivity index (χ1v) is 18.4. The van der Waals surface area contributed by atoms with Crippen LogP contribution in [-0.4, -0.2) is 0 Å². The van der Waals surface area contributed by atoms with Crippen LogP contribution in [0.2, 0.25) is 0 Å². The summed E-state index contributed by atoms with van der Waals surface area (Å²) in [5.41, 5.74) is 12.6. The number of fused-ring (bicyclic) bond motifs is 18. The van der Waals surface area contributed by atoms with E-state index in [1.54, 1.807) is 0 Å². The Balaban J connectivity index is 1.16. The first-order valence-electron chi connectivity index (χ1n) is 18.4. The molecule has 10 aromatic rings. The highest BCUT2D eigenvalue weighted by atomic mass is 16.3. The fourth-order valence-electron chi connectivity index (χ4n) is 9.78. The van der Waals surface area contributed by atoms with Crippen molar-refractivity contribution in [2.24, 2.45) is 0 Å². The fraction of sp³-hybridized carbons (Fsp3) is 0.0196. The molecule has 0 bridgehead atoms. The van der Waals surface area contributed by atoms with E-state index in [1.165, 1.54) is 76.6 Å². The topological polar surface area (TPSA) is 16.4 Å². The van der Waals surface area contributed by atoms with Gasteiger partial charge in [-0.2, -0.15) is 0 Å². The van der Waals surface area contributed by atoms with Crippen LogP contribution in [0.3, 0.4) is 0 Å². The van der Waals surface area contributed by atoms with E-state index in [1.807, 2.05) is 0 Å². The van der Waals surface area contributed by atoms with Crippen molar-refractivity contribution in [3.8, 4) is 22.5 Å². The normalized spacial score (nSPS) is 15.2. The molecule has 12 rings (SSSR count). The summed E-state index contributed by atoms with van der Waals surface area (Å²) in [5, 5.41) is 8.79. The highest BCUT2D eigenvalue weighted by molar-refractivity contribution is 6.25. The number of hydrogen-bond donors (Lipinski definition) is 0. The van der Waals surface area contributed by atoms with E-state index >= 15 is 0 Å². The number of benzene rings is 9. The lowest BCUT2D eigenvalue weighted by atomic mass is 9.70.